The fourth-order valence-electron chi connectivity index (χ4n) is 5.50. The molecule has 0 bridgehead atoms. The zero-order valence-corrected chi connectivity index (χ0v) is 19.7. The lowest BCUT2D eigenvalue weighted by Gasteiger charge is -2.42. The number of epoxide rings is 2. The normalized spacial score (nSPS) is 38.7. The van der Waals surface area contributed by atoms with Crippen LogP contribution in [0.5, 0.6) is 0 Å². The van der Waals surface area contributed by atoms with Crippen LogP contribution in [0, 0.1) is 11.8 Å². The minimum Gasteiger partial charge on any atom is -0.460 e. The van der Waals surface area contributed by atoms with Gasteiger partial charge in [-0.25, -0.2) is 4.79 Å². The first-order valence-electron chi connectivity index (χ1n) is 11.6. The monoisotopic (exact) mass is 449 g/mol. The zero-order valence-electron chi connectivity index (χ0n) is 19.7. The predicted molar refractivity (Wildman–Crippen MR) is 116 cm³/mol. The van der Waals surface area contributed by atoms with E-state index in [1.54, 1.807) is 7.11 Å². The van der Waals surface area contributed by atoms with E-state index in [1.165, 1.54) is 5.57 Å². The second-order valence-electron chi connectivity index (χ2n) is 10.2. The summed E-state index contributed by atoms with van der Waals surface area (Å²) in [4.78, 5) is 28.5. The highest BCUT2D eigenvalue weighted by Crippen LogP contribution is 2.59. The molecule has 178 valence electrons. The summed E-state index contributed by atoms with van der Waals surface area (Å²) in [5.41, 5.74) is 1.36. The number of hydrogen-bond donors (Lipinski definition) is 0. The van der Waals surface area contributed by atoms with Crippen molar-refractivity contribution in [1.29, 1.82) is 0 Å². The Hall–Kier alpha value is -1.77. The van der Waals surface area contributed by atoms with Gasteiger partial charge in [-0.3, -0.25) is 4.79 Å². The number of rotatable bonds is 9. The molecule has 0 aromatic heterocycles. The van der Waals surface area contributed by atoms with Crippen LogP contribution in [0.3, 0.4) is 0 Å². The molecule has 4 aliphatic rings. The van der Waals surface area contributed by atoms with Crippen molar-refractivity contribution in [1.82, 2.24) is 0 Å². The molecule has 3 fully saturated rings. The van der Waals surface area contributed by atoms with Gasteiger partial charge in [-0.15, -0.1) is 0 Å². The lowest BCUT2D eigenvalue weighted by atomic mass is 9.68. The summed E-state index contributed by atoms with van der Waals surface area (Å²) < 4.78 is 24.0. The number of methoxy groups -OCH3 is 1. The van der Waals surface area contributed by atoms with Crippen LogP contribution in [0.15, 0.2) is 16.8 Å². The maximum absolute atomic E-state index is 12.7. The summed E-state index contributed by atoms with van der Waals surface area (Å²) in [5.74, 6) is -0.590. The van der Waals surface area contributed by atoms with Gasteiger partial charge in [0, 0.05) is 13.5 Å². The van der Waals surface area contributed by atoms with E-state index in [0.717, 1.165) is 12.8 Å². The number of nitrogens with zero attached hydrogens (tertiary/aromatic N) is 1. The molecule has 8 nitrogen and oxygen atoms in total. The number of oxime groups is 1. The van der Waals surface area contributed by atoms with Gasteiger partial charge in [-0.05, 0) is 52.4 Å². The summed E-state index contributed by atoms with van der Waals surface area (Å²) in [6.45, 7) is 8.96. The fourth-order valence-corrected chi connectivity index (χ4v) is 5.50. The summed E-state index contributed by atoms with van der Waals surface area (Å²) in [6.07, 6.45) is 5.09. The summed E-state index contributed by atoms with van der Waals surface area (Å²) in [5, 5.41) is 3.77. The molecule has 0 aromatic carbocycles. The molecule has 0 radical (unpaired) electrons. The smallest absolute Gasteiger partial charge is 0.340 e. The Bertz CT molecular complexity index is 813. The molecule has 0 unspecified atom stereocenters. The van der Waals surface area contributed by atoms with E-state index in [-0.39, 0.29) is 66.1 Å². The standard InChI is InChI=1S/C24H35NO7/c1-14(2)6-7-18-23(4,31-18)22-21(28-5)17(8-9-24(22)13-29-24)30-19(26)11-15(3)10-16-12-20(27)32-25-16/h6,15,17-18,21-22H,7-13H2,1-5H3/t15-,17+,18+,21+,22+,23-,24-/m0/s1. The van der Waals surface area contributed by atoms with Gasteiger partial charge in [0.05, 0.1) is 30.8 Å². The van der Waals surface area contributed by atoms with Crippen LogP contribution in [0.4, 0.5) is 0 Å². The third-order valence-corrected chi connectivity index (χ3v) is 7.24. The summed E-state index contributed by atoms with van der Waals surface area (Å²) >= 11 is 0. The molecule has 0 amide bonds. The molecule has 1 spiro atoms. The second kappa shape index (κ2) is 8.88. The Kier molecular flexibility index (Phi) is 6.49. The Morgan fingerprint density at radius 1 is 1.38 bits per heavy atom. The molecule has 1 aliphatic carbocycles. The predicted octanol–water partition coefficient (Wildman–Crippen LogP) is 3.33. The van der Waals surface area contributed by atoms with Gasteiger partial charge in [-0.1, -0.05) is 23.7 Å². The molecule has 3 aliphatic heterocycles. The van der Waals surface area contributed by atoms with Crippen molar-refractivity contribution in [2.24, 2.45) is 17.0 Å². The molecule has 4 rings (SSSR count). The van der Waals surface area contributed by atoms with Crippen LogP contribution in [0.25, 0.3) is 0 Å². The van der Waals surface area contributed by atoms with Gasteiger partial charge in [0.15, 0.2) is 0 Å². The van der Waals surface area contributed by atoms with Crippen molar-refractivity contribution in [3.05, 3.63) is 11.6 Å². The van der Waals surface area contributed by atoms with Crippen LogP contribution in [0.1, 0.15) is 66.2 Å². The topological polar surface area (TPSA) is 99.2 Å². The Labute approximate surface area is 189 Å². The first-order valence-corrected chi connectivity index (χ1v) is 11.6. The van der Waals surface area contributed by atoms with Crippen LogP contribution in [-0.2, 0) is 33.4 Å². The van der Waals surface area contributed by atoms with Crippen LogP contribution >= 0.6 is 0 Å². The number of esters is 1. The van der Waals surface area contributed by atoms with Crippen LogP contribution in [-0.4, -0.2) is 60.9 Å². The molecule has 2 saturated heterocycles. The molecule has 3 heterocycles. The highest BCUT2D eigenvalue weighted by Gasteiger charge is 2.72. The second-order valence-corrected chi connectivity index (χ2v) is 10.2. The lowest BCUT2D eigenvalue weighted by Crippen LogP contribution is -2.55. The summed E-state index contributed by atoms with van der Waals surface area (Å²) in [7, 11) is 1.68. The van der Waals surface area contributed by atoms with Crippen molar-refractivity contribution in [2.45, 2.75) is 95.7 Å². The van der Waals surface area contributed by atoms with Gasteiger partial charge in [0.1, 0.15) is 23.4 Å². The maximum atomic E-state index is 12.7. The average Bonchev–Trinajstić information content (AvgIpc) is 3.59. The lowest BCUT2D eigenvalue weighted by molar-refractivity contribution is -0.172. The molecule has 1 saturated carbocycles. The van der Waals surface area contributed by atoms with Gasteiger partial charge in [0.25, 0.3) is 0 Å². The SMILES string of the molecule is CO[C@@H]1[C@H](OC(=O)C[C@@H](C)CC2=NOC(=O)C2)CC[C@]2(CO2)[C@H]1[C@@]1(C)O[C@@H]1CC=C(C)C. The van der Waals surface area contributed by atoms with Crippen molar-refractivity contribution in [3.63, 3.8) is 0 Å². The van der Waals surface area contributed by atoms with E-state index in [2.05, 4.69) is 36.8 Å². The van der Waals surface area contributed by atoms with Crippen LogP contribution < -0.4 is 0 Å². The van der Waals surface area contributed by atoms with Gasteiger partial charge in [-0.2, -0.15) is 0 Å². The average molecular weight is 450 g/mol. The van der Waals surface area contributed by atoms with E-state index in [0.29, 0.717) is 25.2 Å². The molecular formula is C24H35NO7. The van der Waals surface area contributed by atoms with Crippen molar-refractivity contribution in [3.8, 4) is 0 Å². The third kappa shape index (κ3) is 4.77. The fraction of sp³-hybridized carbons (Fsp3) is 0.792. The number of allylic oxidation sites excluding steroid dienone is 1. The van der Waals surface area contributed by atoms with E-state index in [9.17, 15) is 9.59 Å². The first kappa shape index (κ1) is 23.4. The molecular weight excluding hydrogens is 414 g/mol. The van der Waals surface area contributed by atoms with Gasteiger partial charge >= 0.3 is 11.9 Å². The molecule has 32 heavy (non-hydrogen) atoms. The Morgan fingerprint density at radius 3 is 2.72 bits per heavy atom. The minimum absolute atomic E-state index is 0.00646. The number of carbonyl (C=O) groups excluding carboxylic acids is 2. The maximum Gasteiger partial charge on any atom is 0.340 e. The Balaban J connectivity index is 1.37. The van der Waals surface area contributed by atoms with E-state index >= 15 is 0 Å². The Morgan fingerprint density at radius 2 is 2.12 bits per heavy atom. The highest BCUT2D eigenvalue weighted by molar-refractivity contribution is 6.01. The van der Waals surface area contributed by atoms with E-state index in [1.807, 2.05) is 6.92 Å². The summed E-state index contributed by atoms with van der Waals surface area (Å²) in [6, 6.07) is 0. The number of ether oxygens (including phenoxy) is 4. The van der Waals surface area contributed by atoms with Crippen molar-refractivity contribution >= 4 is 17.7 Å². The molecule has 7 atom stereocenters. The van der Waals surface area contributed by atoms with Crippen LogP contribution in [0.2, 0.25) is 0 Å². The molecule has 0 aromatic rings. The zero-order chi connectivity index (χ0) is 23.1. The van der Waals surface area contributed by atoms with E-state index < -0.39 is 0 Å². The van der Waals surface area contributed by atoms with Crippen molar-refractivity contribution < 1.29 is 33.4 Å². The number of carbonyl (C=O) groups is 2. The largest absolute Gasteiger partial charge is 0.460 e. The minimum atomic E-state index is -0.353. The third-order valence-electron chi connectivity index (χ3n) is 7.24. The van der Waals surface area contributed by atoms with Crippen molar-refractivity contribution in [2.75, 3.05) is 13.7 Å². The quantitative estimate of drug-likeness (QED) is 0.230. The van der Waals surface area contributed by atoms with E-state index in [4.69, 9.17) is 18.9 Å². The molecule has 0 N–H and O–H groups in total. The van der Waals surface area contributed by atoms with Gasteiger partial charge in [0.2, 0.25) is 0 Å². The number of hydrogen-bond acceptors (Lipinski definition) is 8. The first-order chi connectivity index (χ1) is 15.2. The molecule has 8 heteroatoms. The highest BCUT2D eigenvalue weighted by atomic mass is 16.7. The van der Waals surface area contributed by atoms with Gasteiger partial charge < -0.3 is 23.8 Å².